The van der Waals surface area contributed by atoms with Crippen LogP contribution in [0.1, 0.15) is 11.6 Å². The van der Waals surface area contributed by atoms with Crippen molar-refractivity contribution in [1.82, 2.24) is 23.5 Å². The normalized spacial score (nSPS) is 11.1. The molecule has 6 nitrogen and oxygen atoms in total. The predicted octanol–water partition coefficient (Wildman–Crippen LogP) is 2.39. The molecule has 0 amide bonds. The first kappa shape index (κ1) is 12.3. The smallest absolute Gasteiger partial charge is 0.152 e. The van der Waals surface area contributed by atoms with E-state index in [2.05, 4.69) is 24.3 Å². The number of fused-ring (bicyclic) bond motifs is 1. The highest BCUT2D eigenvalue weighted by Crippen LogP contribution is 2.30. The Morgan fingerprint density at radius 1 is 1.32 bits per heavy atom. The van der Waals surface area contributed by atoms with Crippen molar-refractivity contribution in [3.8, 4) is 0 Å². The molecule has 3 rings (SSSR count). The van der Waals surface area contributed by atoms with Crippen molar-refractivity contribution in [2.24, 2.45) is 7.05 Å². The molecule has 0 saturated carbocycles. The third-order valence-electron chi connectivity index (χ3n) is 2.98. The second kappa shape index (κ2) is 4.75. The minimum Gasteiger partial charge on any atom is -0.375 e. The summed E-state index contributed by atoms with van der Waals surface area (Å²) in [5, 5.41) is 12.0. The maximum atomic E-state index is 6.20. The topological polar surface area (TPSA) is 68.5 Å². The fraction of sp³-hybridized carbons (Fsp3) is 0.273. The standard InChI is InChI=1S/C11H11ClN6S/c1-6-14-15-9(18(6)2)5-13-10-7(12)3-4-8-11(10)17-19-16-8/h3-4,13H,5H2,1-2H3. The lowest BCUT2D eigenvalue weighted by Gasteiger charge is -2.08. The monoisotopic (exact) mass is 294 g/mol. The molecule has 0 fully saturated rings. The van der Waals surface area contributed by atoms with Gasteiger partial charge in [0.05, 0.1) is 29.0 Å². The lowest BCUT2D eigenvalue weighted by Crippen LogP contribution is -2.07. The van der Waals surface area contributed by atoms with Crippen LogP contribution in [0.4, 0.5) is 5.69 Å². The summed E-state index contributed by atoms with van der Waals surface area (Å²) in [4.78, 5) is 0. The fourth-order valence-electron chi connectivity index (χ4n) is 1.77. The van der Waals surface area contributed by atoms with Gasteiger partial charge in [0.15, 0.2) is 5.82 Å². The molecule has 0 bridgehead atoms. The Morgan fingerprint density at radius 3 is 2.89 bits per heavy atom. The predicted molar refractivity (Wildman–Crippen MR) is 75.5 cm³/mol. The van der Waals surface area contributed by atoms with Crippen LogP contribution < -0.4 is 5.32 Å². The van der Waals surface area contributed by atoms with Gasteiger partial charge in [0.2, 0.25) is 0 Å². The Labute approximate surface area is 118 Å². The zero-order valence-corrected chi connectivity index (χ0v) is 12.0. The summed E-state index contributed by atoms with van der Waals surface area (Å²) < 4.78 is 10.4. The van der Waals surface area contributed by atoms with E-state index >= 15 is 0 Å². The van der Waals surface area contributed by atoms with Crippen molar-refractivity contribution in [3.05, 3.63) is 28.8 Å². The average molecular weight is 295 g/mol. The van der Waals surface area contributed by atoms with Crippen molar-refractivity contribution in [2.45, 2.75) is 13.5 Å². The minimum absolute atomic E-state index is 0.535. The third-order valence-corrected chi connectivity index (χ3v) is 3.84. The van der Waals surface area contributed by atoms with Gasteiger partial charge in [-0.2, -0.15) is 8.75 Å². The Hall–Kier alpha value is -1.73. The van der Waals surface area contributed by atoms with Gasteiger partial charge in [-0.1, -0.05) is 11.6 Å². The van der Waals surface area contributed by atoms with Crippen LogP contribution in [0.15, 0.2) is 12.1 Å². The summed E-state index contributed by atoms with van der Waals surface area (Å²) in [6.07, 6.45) is 0. The van der Waals surface area contributed by atoms with Crippen LogP contribution in [0.25, 0.3) is 11.0 Å². The Kier molecular flexibility index (Phi) is 3.08. The van der Waals surface area contributed by atoms with E-state index in [1.54, 1.807) is 0 Å². The molecule has 0 aliphatic heterocycles. The fourth-order valence-corrected chi connectivity index (χ4v) is 2.53. The van der Waals surface area contributed by atoms with E-state index in [0.29, 0.717) is 11.6 Å². The van der Waals surface area contributed by atoms with E-state index in [9.17, 15) is 0 Å². The highest BCUT2D eigenvalue weighted by atomic mass is 35.5. The van der Waals surface area contributed by atoms with Crippen LogP contribution in [0.3, 0.4) is 0 Å². The average Bonchev–Trinajstić information content (AvgIpc) is 2.98. The van der Waals surface area contributed by atoms with E-state index in [0.717, 1.165) is 28.4 Å². The molecule has 3 aromatic rings. The molecule has 0 radical (unpaired) electrons. The molecule has 0 unspecified atom stereocenters. The third kappa shape index (κ3) is 2.15. The van der Waals surface area contributed by atoms with Gasteiger partial charge in [-0.25, -0.2) is 0 Å². The molecule has 19 heavy (non-hydrogen) atoms. The maximum Gasteiger partial charge on any atom is 0.152 e. The van der Waals surface area contributed by atoms with Crippen LogP contribution in [-0.2, 0) is 13.6 Å². The lowest BCUT2D eigenvalue weighted by molar-refractivity contribution is 0.789. The van der Waals surface area contributed by atoms with Crippen LogP contribution in [0.2, 0.25) is 5.02 Å². The first-order valence-corrected chi connectivity index (χ1v) is 6.77. The van der Waals surface area contributed by atoms with Gasteiger partial charge in [-0.05, 0) is 19.1 Å². The molecule has 1 N–H and O–H groups in total. The minimum atomic E-state index is 0.535. The van der Waals surface area contributed by atoms with Crippen molar-refractivity contribution in [2.75, 3.05) is 5.32 Å². The van der Waals surface area contributed by atoms with Gasteiger partial charge in [-0.3, -0.25) is 0 Å². The molecule has 0 spiro atoms. The van der Waals surface area contributed by atoms with Crippen molar-refractivity contribution >= 4 is 40.0 Å². The SMILES string of the molecule is Cc1nnc(CNc2c(Cl)ccc3nsnc23)n1C. The Balaban J connectivity index is 1.91. The van der Waals surface area contributed by atoms with E-state index in [-0.39, 0.29) is 0 Å². The molecular formula is C11H11ClN6S. The van der Waals surface area contributed by atoms with E-state index in [1.165, 1.54) is 11.7 Å². The van der Waals surface area contributed by atoms with Crippen LogP contribution >= 0.6 is 23.3 Å². The van der Waals surface area contributed by atoms with Crippen molar-refractivity contribution < 1.29 is 0 Å². The first-order chi connectivity index (χ1) is 9.16. The summed E-state index contributed by atoms with van der Waals surface area (Å²) >= 11 is 7.38. The van der Waals surface area contributed by atoms with E-state index < -0.39 is 0 Å². The van der Waals surface area contributed by atoms with E-state index in [4.69, 9.17) is 11.6 Å². The highest BCUT2D eigenvalue weighted by molar-refractivity contribution is 7.00. The van der Waals surface area contributed by atoms with Crippen LogP contribution in [0.5, 0.6) is 0 Å². The van der Waals surface area contributed by atoms with E-state index in [1.807, 2.05) is 30.7 Å². The zero-order chi connectivity index (χ0) is 13.4. The van der Waals surface area contributed by atoms with Gasteiger partial charge >= 0.3 is 0 Å². The number of anilines is 1. The quantitative estimate of drug-likeness (QED) is 0.803. The van der Waals surface area contributed by atoms with Crippen LogP contribution in [-0.4, -0.2) is 23.5 Å². The van der Waals surface area contributed by atoms with Crippen molar-refractivity contribution in [1.29, 1.82) is 0 Å². The number of halogens is 1. The van der Waals surface area contributed by atoms with Gasteiger partial charge < -0.3 is 9.88 Å². The Bertz CT molecular complexity index is 734. The highest BCUT2D eigenvalue weighted by Gasteiger charge is 2.11. The lowest BCUT2D eigenvalue weighted by atomic mass is 10.2. The first-order valence-electron chi connectivity index (χ1n) is 5.66. The summed E-state index contributed by atoms with van der Waals surface area (Å²) in [6, 6.07) is 3.67. The molecule has 0 aliphatic carbocycles. The maximum absolute atomic E-state index is 6.20. The number of nitrogens with zero attached hydrogens (tertiary/aromatic N) is 5. The molecule has 0 atom stereocenters. The number of nitrogens with one attached hydrogen (secondary N) is 1. The number of aromatic nitrogens is 5. The molecule has 98 valence electrons. The number of benzene rings is 1. The number of aryl methyl sites for hydroxylation is 1. The number of rotatable bonds is 3. The van der Waals surface area contributed by atoms with Gasteiger partial charge in [0.25, 0.3) is 0 Å². The summed E-state index contributed by atoms with van der Waals surface area (Å²) in [6.45, 7) is 2.45. The van der Waals surface area contributed by atoms with Gasteiger partial charge in [0.1, 0.15) is 16.9 Å². The largest absolute Gasteiger partial charge is 0.375 e. The van der Waals surface area contributed by atoms with Crippen LogP contribution in [0, 0.1) is 6.92 Å². The molecule has 2 aromatic heterocycles. The second-order valence-electron chi connectivity index (χ2n) is 4.13. The molecule has 2 heterocycles. The molecule has 0 saturated heterocycles. The van der Waals surface area contributed by atoms with Gasteiger partial charge in [-0.15, -0.1) is 10.2 Å². The zero-order valence-electron chi connectivity index (χ0n) is 10.4. The number of hydrogen-bond acceptors (Lipinski definition) is 6. The molecule has 8 heteroatoms. The molecular weight excluding hydrogens is 284 g/mol. The van der Waals surface area contributed by atoms with Crippen molar-refractivity contribution in [3.63, 3.8) is 0 Å². The number of hydrogen-bond donors (Lipinski definition) is 1. The summed E-state index contributed by atoms with van der Waals surface area (Å²) in [5.41, 5.74) is 2.41. The molecule has 0 aliphatic rings. The Morgan fingerprint density at radius 2 is 2.16 bits per heavy atom. The molecule has 1 aromatic carbocycles. The summed E-state index contributed by atoms with van der Waals surface area (Å²) in [5.74, 6) is 1.71. The van der Waals surface area contributed by atoms with Gasteiger partial charge in [0, 0.05) is 7.05 Å². The summed E-state index contributed by atoms with van der Waals surface area (Å²) in [7, 11) is 1.93. The second-order valence-corrected chi connectivity index (χ2v) is 5.07.